The van der Waals surface area contributed by atoms with Crippen molar-refractivity contribution in [1.29, 1.82) is 0 Å². The average Bonchev–Trinajstić information content (AvgIpc) is 2.02. The molecule has 1 aromatic heterocycles. The smallest absolute Gasteiger partial charge is 0.269 e. The van der Waals surface area contributed by atoms with Crippen LogP contribution in [-0.2, 0) is 0 Å². The third-order valence-corrected chi connectivity index (χ3v) is 1.76. The predicted octanol–water partition coefficient (Wildman–Crippen LogP) is 1.27. The number of aromatic nitrogens is 1. The van der Waals surface area contributed by atoms with Crippen molar-refractivity contribution in [3.8, 4) is 0 Å². The van der Waals surface area contributed by atoms with Gasteiger partial charge in [0.15, 0.2) is 0 Å². The molecule has 0 amide bonds. The lowest BCUT2D eigenvalue weighted by molar-refractivity contribution is 0.108. The molecular weight excluding hydrogens is 218 g/mol. The van der Waals surface area contributed by atoms with E-state index in [1.165, 1.54) is 0 Å². The van der Waals surface area contributed by atoms with Crippen LogP contribution in [0.5, 0.6) is 0 Å². The van der Waals surface area contributed by atoms with E-state index < -0.39 is 28.2 Å². The number of pyridine rings is 1. The fourth-order valence-corrected chi connectivity index (χ4v) is 1.10. The average molecular weight is 223 g/mol. The summed E-state index contributed by atoms with van der Waals surface area (Å²) in [4.78, 5) is 24.0. The lowest BCUT2D eigenvalue weighted by Gasteiger charge is -2.03. The molecule has 1 rings (SSSR count). The van der Waals surface area contributed by atoms with Gasteiger partial charge in [0.2, 0.25) is 5.43 Å². The summed E-state index contributed by atoms with van der Waals surface area (Å²) in [6, 6.07) is 0. The Kier molecular flexibility index (Phi) is 2.85. The molecule has 14 heavy (non-hydrogen) atoms. The van der Waals surface area contributed by atoms with E-state index in [2.05, 4.69) is 4.98 Å². The van der Waals surface area contributed by atoms with Gasteiger partial charge in [-0.25, -0.2) is 8.78 Å². The molecule has 0 aromatic carbocycles. The van der Waals surface area contributed by atoms with E-state index in [0.29, 0.717) is 0 Å². The first kappa shape index (κ1) is 10.6. The molecule has 76 valence electrons. The summed E-state index contributed by atoms with van der Waals surface area (Å²) in [5, 5.41) is -1.16. The minimum absolute atomic E-state index is 0.320. The quantitative estimate of drug-likeness (QED) is 0.740. The molecule has 4 nitrogen and oxygen atoms in total. The molecule has 0 saturated heterocycles. The third kappa shape index (κ3) is 1.74. The van der Waals surface area contributed by atoms with Crippen molar-refractivity contribution in [2.24, 2.45) is 0 Å². The van der Waals surface area contributed by atoms with Crippen molar-refractivity contribution in [3.05, 3.63) is 27.5 Å². The minimum atomic E-state index is -2.98. The summed E-state index contributed by atoms with van der Waals surface area (Å²) in [6.45, 7) is 0. The highest BCUT2D eigenvalue weighted by Crippen LogP contribution is 2.16. The molecule has 0 bridgehead atoms. The van der Waals surface area contributed by atoms with Crippen molar-refractivity contribution in [1.82, 2.24) is 4.98 Å². The van der Waals surface area contributed by atoms with E-state index >= 15 is 0 Å². The number of aromatic amines is 1. The Balaban J connectivity index is 3.50. The highest BCUT2D eigenvalue weighted by atomic mass is 35.5. The first-order chi connectivity index (χ1) is 6.45. The van der Waals surface area contributed by atoms with Crippen LogP contribution in [0.4, 0.5) is 14.6 Å². The van der Waals surface area contributed by atoms with Crippen LogP contribution < -0.4 is 11.2 Å². The molecule has 3 N–H and O–H groups in total. The number of rotatable bonds is 2. The first-order valence-electron chi connectivity index (χ1n) is 3.44. The largest absolute Gasteiger partial charge is 0.385 e. The molecule has 0 spiro atoms. The number of nitrogen functional groups attached to an aromatic ring is 1. The molecule has 0 aliphatic heterocycles. The highest BCUT2D eigenvalue weighted by molar-refractivity contribution is 6.68. The number of hydrogen-bond acceptors (Lipinski definition) is 3. The van der Waals surface area contributed by atoms with E-state index in [1.54, 1.807) is 0 Å². The molecule has 7 heteroatoms. The maximum absolute atomic E-state index is 12.2. The van der Waals surface area contributed by atoms with Gasteiger partial charge in [-0.1, -0.05) is 0 Å². The second kappa shape index (κ2) is 3.75. The molecule has 0 unspecified atom stereocenters. The van der Waals surface area contributed by atoms with E-state index in [1.807, 2.05) is 0 Å². The third-order valence-electron chi connectivity index (χ3n) is 1.57. The maximum atomic E-state index is 12.2. The van der Waals surface area contributed by atoms with Gasteiger partial charge in [0.1, 0.15) is 11.4 Å². The number of hydrogen-bond donors (Lipinski definition) is 2. The second-order valence-electron chi connectivity index (χ2n) is 2.44. The number of alkyl halides is 2. The van der Waals surface area contributed by atoms with Crippen LogP contribution in [0.3, 0.4) is 0 Å². The van der Waals surface area contributed by atoms with Crippen LogP contribution in [0.1, 0.15) is 22.3 Å². The van der Waals surface area contributed by atoms with Gasteiger partial charge in [0, 0.05) is 6.20 Å². The molecule has 1 heterocycles. The zero-order chi connectivity index (χ0) is 10.9. The van der Waals surface area contributed by atoms with E-state index in [4.69, 9.17) is 17.3 Å². The Labute approximate surface area is 81.7 Å². The Hall–Kier alpha value is -1.43. The maximum Gasteiger partial charge on any atom is 0.269 e. The SMILES string of the molecule is Nc1[nH]cc(C(F)F)c(=O)c1C(=O)Cl. The molecule has 0 saturated carbocycles. The normalized spacial score (nSPS) is 10.6. The standard InChI is InChI=1S/C7H5ClF2N2O2/c8-5(14)3-4(13)2(6(9)10)1-12-7(3)11/h1,6H,(H3,11,12,13). The van der Waals surface area contributed by atoms with E-state index in [0.717, 1.165) is 6.20 Å². The number of nitrogens with one attached hydrogen (secondary N) is 1. The van der Waals surface area contributed by atoms with Crippen LogP contribution >= 0.6 is 11.6 Å². The van der Waals surface area contributed by atoms with Gasteiger partial charge in [-0.15, -0.1) is 0 Å². The number of carbonyl (C=O) groups is 1. The molecule has 0 fully saturated rings. The van der Waals surface area contributed by atoms with E-state index in [9.17, 15) is 18.4 Å². The lowest BCUT2D eigenvalue weighted by Crippen LogP contribution is -2.20. The van der Waals surface area contributed by atoms with Crippen molar-refractivity contribution in [2.75, 3.05) is 5.73 Å². The number of carbonyl (C=O) groups excluding carboxylic acids is 1. The van der Waals surface area contributed by atoms with Crippen molar-refractivity contribution < 1.29 is 13.6 Å². The van der Waals surface area contributed by atoms with Gasteiger partial charge in [0.25, 0.3) is 11.7 Å². The van der Waals surface area contributed by atoms with Crippen LogP contribution in [0.2, 0.25) is 0 Å². The Morgan fingerprint density at radius 1 is 1.57 bits per heavy atom. The summed E-state index contributed by atoms with van der Waals surface area (Å²) < 4.78 is 24.4. The summed E-state index contributed by atoms with van der Waals surface area (Å²) >= 11 is 5.01. The van der Waals surface area contributed by atoms with Gasteiger partial charge >= 0.3 is 0 Å². The number of nitrogens with two attached hydrogens (primary N) is 1. The predicted molar refractivity (Wildman–Crippen MR) is 46.6 cm³/mol. The molecule has 1 aromatic rings. The lowest BCUT2D eigenvalue weighted by atomic mass is 10.2. The Morgan fingerprint density at radius 3 is 2.57 bits per heavy atom. The zero-order valence-corrected chi connectivity index (χ0v) is 7.44. The Bertz CT molecular complexity index is 430. The van der Waals surface area contributed by atoms with Gasteiger partial charge in [0.05, 0.1) is 5.56 Å². The highest BCUT2D eigenvalue weighted by Gasteiger charge is 2.20. The summed E-state index contributed by atoms with van der Waals surface area (Å²) in [5.74, 6) is -0.320. The summed E-state index contributed by atoms with van der Waals surface area (Å²) in [7, 11) is 0. The number of anilines is 1. The topological polar surface area (TPSA) is 76.0 Å². The first-order valence-corrected chi connectivity index (χ1v) is 3.82. The molecule has 0 aliphatic carbocycles. The van der Waals surface area contributed by atoms with Gasteiger partial charge in [-0.05, 0) is 11.6 Å². The fourth-order valence-electron chi connectivity index (χ4n) is 0.917. The van der Waals surface area contributed by atoms with Crippen molar-refractivity contribution >= 4 is 22.7 Å². The second-order valence-corrected chi connectivity index (χ2v) is 2.78. The summed E-state index contributed by atoms with van der Waals surface area (Å²) in [5.41, 5.74) is 2.56. The van der Waals surface area contributed by atoms with Crippen molar-refractivity contribution in [3.63, 3.8) is 0 Å². The number of H-pyrrole nitrogens is 1. The minimum Gasteiger partial charge on any atom is -0.385 e. The van der Waals surface area contributed by atoms with Crippen LogP contribution in [-0.4, -0.2) is 10.2 Å². The molecular formula is C7H5ClF2N2O2. The van der Waals surface area contributed by atoms with Gasteiger partial charge in [-0.2, -0.15) is 0 Å². The monoisotopic (exact) mass is 222 g/mol. The van der Waals surface area contributed by atoms with Crippen molar-refractivity contribution in [2.45, 2.75) is 6.43 Å². The molecule has 0 aliphatic rings. The van der Waals surface area contributed by atoms with E-state index in [-0.39, 0.29) is 5.82 Å². The Morgan fingerprint density at radius 2 is 2.14 bits per heavy atom. The van der Waals surface area contributed by atoms with Crippen LogP contribution in [0, 0.1) is 0 Å². The van der Waals surface area contributed by atoms with Gasteiger partial charge < -0.3 is 10.7 Å². The fraction of sp³-hybridized carbons (Fsp3) is 0.143. The summed E-state index contributed by atoms with van der Waals surface area (Å²) in [6.07, 6.45) is -2.22. The van der Waals surface area contributed by atoms with Gasteiger partial charge in [-0.3, -0.25) is 9.59 Å². The zero-order valence-electron chi connectivity index (χ0n) is 6.68. The van der Waals surface area contributed by atoms with Crippen LogP contribution in [0.25, 0.3) is 0 Å². The molecule has 0 radical (unpaired) electrons. The molecule has 0 atom stereocenters. The van der Waals surface area contributed by atoms with Crippen LogP contribution in [0.15, 0.2) is 11.0 Å². The number of halogens is 3.